The van der Waals surface area contributed by atoms with Crippen LogP contribution < -0.4 is 5.32 Å². The molecule has 1 N–H and O–H groups in total. The third-order valence-electron chi connectivity index (χ3n) is 3.43. The quantitative estimate of drug-likeness (QED) is 0.786. The van der Waals surface area contributed by atoms with Gasteiger partial charge in [0.25, 0.3) is 0 Å². The first kappa shape index (κ1) is 14.8. The van der Waals surface area contributed by atoms with Gasteiger partial charge >= 0.3 is 0 Å². The van der Waals surface area contributed by atoms with Crippen molar-refractivity contribution in [1.82, 2.24) is 19.5 Å². The second-order valence-corrected chi connectivity index (χ2v) is 5.74. The van der Waals surface area contributed by atoms with Crippen LogP contribution in [0.5, 0.6) is 0 Å². The number of rotatable bonds is 5. The van der Waals surface area contributed by atoms with Crippen molar-refractivity contribution in [2.45, 2.75) is 0 Å². The number of aromatic nitrogens is 3. The molecule has 3 rings (SSSR count). The van der Waals surface area contributed by atoms with E-state index in [4.69, 9.17) is 11.6 Å². The highest BCUT2D eigenvalue weighted by atomic mass is 35.5. The molecule has 5 nitrogen and oxygen atoms in total. The highest BCUT2D eigenvalue weighted by Crippen LogP contribution is 2.30. The van der Waals surface area contributed by atoms with Gasteiger partial charge in [0, 0.05) is 35.4 Å². The number of nitrogens with one attached hydrogen (secondary N) is 1. The predicted octanol–water partition coefficient (Wildman–Crippen LogP) is 3.02. The van der Waals surface area contributed by atoms with Gasteiger partial charge in [-0.25, -0.2) is 4.98 Å². The predicted molar refractivity (Wildman–Crippen MR) is 90.5 cm³/mol. The number of hydrogen-bond acceptors (Lipinski definition) is 4. The van der Waals surface area contributed by atoms with Crippen LogP contribution in [-0.2, 0) is 0 Å². The van der Waals surface area contributed by atoms with Crippen LogP contribution in [0.4, 0.5) is 5.82 Å². The Labute approximate surface area is 134 Å². The van der Waals surface area contributed by atoms with E-state index in [1.54, 1.807) is 12.4 Å². The lowest BCUT2D eigenvalue weighted by Gasteiger charge is -2.12. The number of fused-ring (bicyclic) bond motifs is 1. The molecule has 3 aromatic rings. The fraction of sp³-hybridized carbons (Fsp3) is 0.250. The van der Waals surface area contributed by atoms with Gasteiger partial charge in [0.15, 0.2) is 5.65 Å². The lowest BCUT2D eigenvalue weighted by molar-refractivity contribution is 0.425. The van der Waals surface area contributed by atoms with E-state index in [1.165, 1.54) is 0 Å². The van der Waals surface area contributed by atoms with Crippen molar-refractivity contribution in [3.63, 3.8) is 0 Å². The lowest BCUT2D eigenvalue weighted by atomic mass is 10.1. The largest absolute Gasteiger partial charge is 0.369 e. The number of halogens is 1. The molecule has 22 heavy (non-hydrogen) atoms. The van der Waals surface area contributed by atoms with Crippen molar-refractivity contribution in [3.8, 4) is 11.1 Å². The van der Waals surface area contributed by atoms with Crippen molar-refractivity contribution in [2.24, 2.45) is 0 Å². The Morgan fingerprint density at radius 2 is 2.00 bits per heavy atom. The first-order chi connectivity index (χ1) is 10.7. The Morgan fingerprint density at radius 3 is 2.77 bits per heavy atom. The van der Waals surface area contributed by atoms with E-state index >= 15 is 0 Å². The maximum absolute atomic E-state index is 6.29. The molecule has 0 aliphatic carbocycles. The van der Waals surface area contributed by atoms with Gasteiger partial charge < -0.3 is 10.2 Å². The molecule has 0 radical (unpaired) electrons. The Hall–Kier alpha value is -2.11. The van der Waals surface area contributed by atoms with Gasteiger partial charge in [0.05, 0.1) is 6.20 Å². The molecule has 0 fully saturated rings. The zero-order chi connectivity index (χ0) is 15.5. The SMILES string of the molecule is CN(C)CCNc1ccnc2c(-c3ccccc3Cl)cnn12. The van der Waals surface area contributed by atoms with E-state index in [-0.39, 0.29) is 0 Å². The number of benzene rings is 1. The Balaban J connectivity index is 1.97. The van der Waals surface area contributed by atoms with Crippen LogP contribution in [0.15, 0.2) is 42.7 Å². The monoisotopic (exact) mass is 315 g/mol. The minimum Gasteiger partial charge on any atom is -0.369 e. The molecule has 0 spiro atoms. The van der Waals surface area contributed by atoms with Crippen LogP contribution in [0.25, 0.3) is 16.8 Å². The Morgan fingerprint density at radius 1 is 1.18 bits per heavy atom. The first-order valence-electron chi connectivity index (χ1n) is 7.13. The third-order valence-corrected chi connectivity index (χ3v) is 3.76. The fourth-order valence-electron chi connectivity index (χ4n) is 2.30. The van der Waals surface area contributed by atoms with Crippen molar-refractivity contribution >= 4 is 23.1 Å². The van der Waals surface area contributed by atoms with Gasteiger partial charge in [-0.1, -0.05) is 29.8 Å². The van der Waals surface area contributed by atoms with E-state index in [0.717, 1.165) is 35.7 Å². The summed E-state index contributed by atoms with van der Waals surface area (Å²) in [6, 6.07) is 9.65. The van der Waals surface area contributed by atoms with Crippen LogP contribution in [-0.4, -0.2) is 46.7 Å². The van der Waals surface area contributed by atoms with Crippen molar-refractivity contribution in [3.05, 3.63) is 47.7 Å². The van der Waals surface area contributed by atoms with Crippen molar-refractivity contribution < 1.29 is 0 Å². The normalized spacial score (nSPS) is 11.3. The minimum atomic E-state index is 0.699. The van der Waals surface area contributed by atoms with Crippen LogP contribution in [0, 0.1) is 0 Å². The van der Waals surface area contributed by atoms with Gasteiger partial charge in [-0.2, -0.15) is 9.61 Å². The summed E-state index contributed by atoms with van der Waals surface area (Å²) in [5.74, 6) is 0.921. The summed E-state index contributed by atoms with van der Waals surface area (Å²) >= 11 is 6.29. The maximum Gasteiger partial charge on any atom is 0.165 e. The van der Waals surface area contributed by atoms with Crippen LogP contribution in [0.1, 0.15) is 0 Å². The molecular weight excluding hydrogens is 298 g/mol. The van der Waals surface area contributed by atoms with Gasteiger partial charge in [-0.3, -0.25) is 0 Å². The summed E-state index contributed by atoms with van der Waals surface area (Å²) < 4.78 is 1.81. The summed E-state index contributed by atoms with van der Waals surface area (Å²) in [7, 11) is 4.10. The second kappa shape index (κ2) is 6.34. The number of anilines is 1. The molecule has 0 aliphatic rings. The summed E-state index contributed by atoms with van der Waals surface area (Å²) in [5, 5.41) is 8.54. The number of nitrogens with zero attached hydrogens (tertiary/aromatic N) is 4. The Bertz CT molecular complexity index is 781. The summed E-state index contributed by atoms with van der Waals surface area (Å²) in [6.07, 6.45) is 3.59. The molecule has 0 atom stereocenters. The average Bonchev–Trinajstić information content (AvgIpc) is 2.92. The minimum absolute atomic E-state index is 0.699. The van der Waals surface area contributed by atoms with Crippen molar-refractivity contribution in [1.29, 1.82) is 0 Å². The molecule has 1 aromatic carbocycles. The molecule has 0 saturated heterocycles. The van der Waals surface area contributed by atoms with E-state index in [1.807, 2.05) is 48.9 Å². The first-order valence-corrected chi connectivity index (χ1v) is 7.51. The van der Waals surface area contributed by atoms with E-state index in [9.17, 15) is 0 Å². The molecule has 2 heterocycles. The molecule has 114 valence electrons. The van der Waals surface area contributed by atoms with Crippen LogP contribution in [0.2, 0.25) is 5.02 Å². The van der Waals surface area contributed by atoms with E-state index in [2.05, 4.69) is 20.3 Å². The molecule has 0 unspecified atom stereocenters. The van der Waals surface area contributed by atoms with Crippen LogP contribution >= 0.6 is 11.6 Å². The zero-order valence-electron chi connectivity index (χ0n) is 12.6. The maximum atomic E-state index is 6.29. The van der Waals surface area contributed by atoms with Gasteiger partial charge in [0.1, 0.15) is 5.82 Å². The van der Waals surface area contributed by atoms with Gasteiger partial charge in [-0.15, -0.1) is 0 Å². The standard InChI is InChI=1S/C16H18ClN5/c1-21(2)10-9-18-15-7-8-19-16-13(11-20-22(15)16)12-5-3-4-6-14(12)17/h3-8,11,18H,9-10H2,1-2H3. The molecule has 0 aliphatic heterocycles. The van der Waals surface area contributed by atoms with Gasteiger partial charge in [-0.05, 0) is 26.2 Å². The van der Waals surface area contributed by atoms with E-state index < -0.39 is 0 Å². The average molecular weight is 316 g/mol. The molecular formula is C16H18ClN5. The number of likely N-dealkylation sites (N-methyl/N-ethyl adjacent to an activating group) is 1. The summed E-state index contributed by atoms with van der Waals surface area (Å²) in [4.78, 5) is 6.58. The molecule has 0 amide bonds. The zero-order valence-corrected chi connectivity index (χ0v) is 13.4. The highest BCUT2D eigenvalue weighted by Gasteiger charge is 2.12. The molecule has 2 aromatic heterocycles. The Kier molecular flexibility index (Phi) is 4.27. The summed E-state index contributed by atoms with van der Waals surface area (Å²) in [5.41, 5.74) is 2.67. The molecule has 0 bridgehead atoms. The topological polar surface area (TPSA) is 45.5 Å². The number of hydrogen-bond donors (Lipinski definition) is 1. The van der Waals surface area contributed by atoms with Gasteiger partial charge in [0.2, 0.25) is 0 Å². The highest BCUT2D eigenvalue weighted by molar-refractivity contribution is 6.33. The molecule has 0 saturated carbocycles. The van der Waals surface area contributed by atoms with E-state index in [0.29, 0.717) is 5.02 Å². The smallest absolute Gasteiger partial charge is 0.165 e. The third kappa shape index (κ3) is 2.91. The van der Waals surface area contributed by atoms with Crippen LogP contribution in [0.3, 0.4) is 0 Å². The second-order valence-electron chi connectivity index (χ2n) is 5.33. The molecule has 6 heteroatoms. The fourth-order valence-corrected chi connectivity index (χ4v) is 2.54. The summed E-state index contributed by atoms with van der Waals surface area (Å²) in [6.45, 7) is 1.79. The van der Waals surface area contributed by atoms with Crippen molar-refractivity contribution in [2.75, 3.05) is 32.5 Å². The lowest BCUT2D eigenvalue weighted by Crippen LogP contribution is -2.21.